The number of hydrogen-bond donors (Lipinski definition) is 2. The zero-order valence-electron chi connectivity index (χ0n) is 16.7. The van der Waals surface area contributed by atoms with Crippen LogP contribution < -0.4 is 15.4 Å². The first-order valence-electron chi connectivity index (χ1n) is 9.50. The summed E-state index contributed by atoms with van der Waals surface area (Å²) in [5.41, 5.74) is 2.56. The van der Waals surface area contributed by atoms with E-state index in [0.717, 1.165) is 10.6 Å². The van der Waals surface area contributed by atoms with E-state index in [-0.39, 0.29) is 11.8 Å². The molecule has 2 amide bonds. The Morgan fingerprint density at radius 2 is 1.58 bits per heavy atom. The molecule has 4 aromatic rings. The van der Waals surface area contributed by atoms with Gasteiger partial charge in [0.05, 0.1) is 7.11 Å². The highest BCUT2D eigenvalue weighted by Gasteiger charge is 2.11. The lowest BCUT2D eigenvalue weighted by molar-refractivity contribution is 0.101. The molecule has 0 saturated heterocycles. The van der Waals surface area contributed by atoms with Gasteiger partial charge in [-0.15, -0.1) is 11.3 Å². The number of hydrogen-bond acceptors (Lipinski definition) is 5. The minimum atomic E-state index is -0.231. The predicted molar refractivity (Wildman–Crippen MR) is 123 cm³/mol. The third-order valence-corrected chi connectivity index (χ3v) is 5.37. The van der Waals surface area contributed by atoms with Crippen molar-refractivity contribution in [2.45, 2.75) is 0 Å². The molecule has 154 valence electrons. The Hall–Kier alpha value is -3.97. The van der Waals surface area contributed by atoms with Crippen LogP contribution in [0.2, 0.25) is 0 Å². The van der Waals surface area contributed by atoms with E-state index in [1.165, 1.54) is 11.3 Å². The van der Waals surface area contributed by atoms with E-state index in [1.54, 1.807) is 48.9 Å². The largest absolute Gasteiger partial charge is 0.497 e. The van der Waals surface area contributed by atoms with Gasteiger partial charge in [0.15, 0.2) is 0 Å². The van der Waals surface area contributed by atoms with E-state index in [0.29, 0.717) is 28.4 Å². The number of nitrogens with one attached hydrogen (secondary N) is 2. The molecular weight excluding hydrogens is 410 g/mol. The van der Waals surface area contributed by atoms with E-state index >= 15 is 0 Å². The third kappa shape index (κ3) is 4.96. The van der Waals surface area contributed by atoms with Crippen molar-refractivity contribution in [3.8, 4) is 16.3 Å². The smallest absolute Gasteiger partial charge is 0.256 e. The standard InChI is InChI=1S/C24H19N3O3S/c1-30-20-12-6-9-17(14-20)23(29)25-19-11-5-10-18(13-19)24-27-21(15-31-24)26-22(28)16-7-3-2-4-8-16/h2-15H,1H3,(H,25,29)(H,26,28). The normalized spacial score (nSPS) is 10.4. The number of benzene rings is 3. The average Bonchev–Trinajstić information content (AvgIpc) is 3.28. The van der Waals surface area contributed by atoms with Crippen LogP contribution in [-0.4, -0.2) is 23.9 Å². The van der Waals surface area contributed by atoms with Crippen LogP contribution in [0.3, 0.4) is 0 Å². The van der Waals surface area contributed by atoms with Gasteiger partial charge in [-0.3, -0.25) is 9.59 Å². The molecule has 6 nitrogen and oxygen atoms in total. The maximum absolute atomic E-state index is 12.6. The van der Waals surface area contributed by atoms with Crippen molar-refractivity contribution in [2.24, 2.45) is 0 Å². The van der Waals surface area contributed by atoms with Crippen LogP contribution in [-0.2, 0) is 0 Å². The zero-order valence-corrected chi connectivity index (χ0v) is 17.5. The molecular formula is C24H19N3O3S. The molecule has 7 heteroatoms. The Bertz CT molecular complexity index is 1220. The Balaban J connectivity index is 1.47. The highest BCUT2D eigenvalue weighted by atomic mass is 32.1. The van der Waals surface area contributed by atoms with Gasteiger partial charge in [-0.2, -0.15) is 0 Å². The quantitative estimate of drug-likeness (QED) is 0.435. The molecule has 0 bridgehead atoms. The molecule has 4 rings (SSSR count). The van der Waals surface area contributed by atoms with Gasteiger partial charge in [-0.1, -0.05) is 36.4 Å². The van der Waals surface area contributed by atoms with Crippen LogP contribution in [0.1, 0.15) is 20.7 Å². The van der Waals surface area contributed by atoms with Gasteiger partial charge in [-0.05, 0) is 42.5 Å². The Morgan fingerprint density at radius 3 is 2.39 bits per heavy atom. The van der Waals surface area contributed by atoms with Crippen LogP contribution in [0, 0.1) is 0 Å². The second-order valence-corrected chi connectivity index (χ2v) is 7.48. The van der Waals surface area contributed by atoms with E-state index < -0.39 is 0 Å². The van der Waals surface area contributed by atoms with Crippen molar-refractivity contribution in [3.05, 3.63) is 95.4 Å². The number of aromatic nitrogens is 1. The summed E-state index contributed by atoms with van der Waals surface area (Å²) in [6, 6.07) is 23.4. The van der Waals surface area contributed by atoms with Gasteiger partial charge in [0.1, 0.15) is 16.6 Å². The number of ether oxygens (including phenoxy) is 1. The van der Waals surface area contributed by atoms with E-state index in [2.05, 4.69) is 15.6 Å². The minimum Gasteiger partial charge on any atom is -0.497 e. The second-order valence-electron chi connectivity index (χ2n) is 6.62. The SMILES string of the molecule is COc1cccc(C(=O)Nc2cccc(-c3nc(NC(=O)c4ccccc4)cs3)c2)c1. The van der Waals surface area contributed by atoms with Crippen LogP contribution in [0.5, 0.6) is 5.75 Å². The maximum atomic E-state index is 12.6. The number of carbonyl (C=O) groups excluding carboxylic acids is 2. The van der Waals surface area contributed by atoms with E-state index in [4.69, 9.17) is 4.74 Å². The maximum Gasteiger partial charge on any atom is 0.256 e. The van der Waals surface area contributed by atoms with Crippen molar-refractivity contribution in [2.75, 3.05) is 17.7 Å². The monoisotopic (exact) mass is 429 g/mol. The zero-order chi connectivity index (χ0) is 21.6. The number of rotatable bonds is 6. The van der Waals surface area contributed by atoms with E-state index in [9.17, 15) is 9.59 Å². The molecule has 0 saturated carbocycles. The molecule has 0 fully saturated rings. The highest BCUT2D eigenvalue weighted by molar-refractivity contribution is 7.13. The van der Waals surface area contributed by atoms with Gasteiger partial charge in [0, 0.05) is 27.8 Å². The summed E-state index contributed by atoms with van der Waals surface area (Å²) in [5.74, 6) is 0.664. The molecule has 0 atom stereocenters. The molecule has 0 radical (unpaired) electrons. The van der Waals surface area contributed by atoms with Crippen molar-refractivity contribution >= 4 is 34.7 Å². The number of carbonyl (C=O) groups is 2. The van der Waals surface area contributed by atoms with Gasteiger partial charge < -0.3 is 15.4 Å². The lowest BCUT2D eigenvalue weighted by atomic mass is 10.1. The number of methoxy groups -OCH3 is 1. The molecule has 3 aromatic carbocycles. The molecule has 1 aromatic heterocycles. The first-order chi connectivity index (χ1) is 15.1. The molecule has 0 aliphatic rings. The molecule has 0 aliphatic carbocycles. The molecule has 0 spiro atoms. The lowest BCUT2D eigenvalue weighted by Gasteiger charge is -2.08. The van der Waals surface area contributed by atoms with Crippen molar-refractivity contribution in [1.29, 1.82) is 0 Å². The fourth-order valence-electron chi connectivity index (χ4n) is 2.94. The molecule has 0 unspecified atom stereocenters. The van der Waals surface area contributed by atoms with Crippen LogP contribution in [0.4, 0.5) is 11.5 Å². The Labute approximate surface area is 183 Å². The molecule has 1 heterocycles. The summed E-state index contributed by atoms with van der Waals surface area (Å²) < 4.78 is 5.17. The fraction of sp³-hybridized carbons (Fsp3) is 0.0417. The summed E-state index contributed by atoms with van der Waals surface area (Å²) in [7, 11) is 1.56. The van der Waals surface area contributed by atoms with Crippen LogP contribution in [0.25, 0.3) is 10.6 Å². The summed E-state index contributed by atoms with van der Waals surface area (Å²) in [6.07, 6.45) is 0. The Morgan fingerprint density at radius 1 is 0.839 bits per heavy atom. The first kappa shape index (κ1) is 20.3. The number of anilines is 2. The van der Waals surface area contributed by atoms with Gasteiger partial charge in [0.25, 0.3) is 11.8 Å². The fourth-order valence-corrected chi connectivity index (χ4v) is 3.69. The van der Waals surface area contributed by atoms with Crippen LogP contribution >= 0.6 is 11.3 Å². The molecule has 0 aliphatic heterocycles. The summed E-state index contributed by atoms with van der Waals surface area (Å²) in [6.45, 7) is 0. The number of nitrogens with zero attached hydrogens (tertiary/aromatic N) is 1. The number of amides is 2. The van der Waals surface area contributed by atoms with Crippen LogP contribution in [0.15, 0.2) is 84.2 Å². The van der Waals surface area contributed by atoms with Gasteiger partial charge in [0.2, 0.25) is 0 Å². The Kier molecular flexibility index (Phi) is 6.05. The summed E-state index contributed by atoms with van der Waals surface area (Å²) in [4.78, 5) is 29.4. The summed E-state index contributed by atoms with van der Waals surface area (Å²) >= 11 is 1.41. The summed E-state index contributed by atoms with van der Waals surface area (Å²) in [5, 5.41) is 8.23. The third-order valence-electron chi connectivity index (χ3n) is 4.48. The topological polar surface area (TPSA) is 80.3 Å². The van der Waals surface area contributed by atoms with Crippen molar-refractivity contribution < 1.29 is 14.3 Å². The van der Waals surface area contributed by atoms with Gasteiger partial charge >= 0.3 is 0 Å². The second kappa shape index (κ2) is 9.23. The first-order valence-corrected chi connectivity index (χ1v) is 10.4. The molecule has 31 heavy (non-hydrogen) atoms. The minimum absolute atomic E-state index is 0.211. The van der Waals surface area contributed by atoms with Gasteiger partial charge in [-0.25, -0.2) is 4.98 Å². The predicted octanol–water partition coefficient (Wildman–Crippen LogP) is 5.32. The van der Waals surface area contributed by atoms with E-state index in [1.807, 2.05) is 42.5 Å². The number of thiazole rings is 1. The lowest BCUT2D eigenvalue weighted by Crippen LogP contribution is -2.12. The van der Waals surface area contributed by atoms with Crippen molar-refractivity contribution in [3.63, 3.8) is 0 Å². The average molecular weight is 430 g/mol. The van der Waals surface area contributed by atoms with Crippen molar-refractivity contribution in [1.82, 2.24) is 4.98 Å². The molecule has 2 N–H and O–H groups in total. The highest BCUT2D eigenvalue weighted by Crippen LogP contribution is 2.28.